The molecule has 0 bridgehead atoms. The van der Waals surface area contributed by atoms with Crippen LogP contribution in [0.1, 0.15) is 213 Å². The Morgan fingerprint density at radius 1 is 0.549 bits per heavy atom. The zero-order chi connectivity index (χ0) is 91.0. The van der Waals surface area contributed by atoms with Gasteiger partial charge >= 0.3 is 17.9 Å². The van der Waals surface area contributed by atoms with Crippen LogP contribution in [0.2, 0.25) is 0 Å². The number of hydrogen-bond donors (Lipinski definition) is 20. The minimum absolute atomic E-state index is 0.000382. The number of hydrogen-bond acceptors (Lipinski definition) is 24. The third-order valence-corrected chi connectivity index (χ3v) is 22.7. The van der Waals surface area contributed by atoms with Crippen molar-refractivity contribution in [1.82, 2.24) is 68.6 Å². The largest absolute Gasteiger partial charge is 0.480 e. The van der Waals surface area contributed by atoms with Crippen molar-refractivity contribution in [3.05, 3.63) is 69.9 Å². The molecule has 1 aliphatic heterocycles. The van der Waals surface area contributed by atoms with Crippen LogP contribution in [0.15, 0.2) is 53.6 Å². The summed E-state index contributed by atoms with van der Waals surface area (Å²) in [6.07, 6.45) is 8.13. The van der Waals surface area contributed by atoms with Crippen LogP contribution in [0.25, 0.3) is 10.9 Å². The molecule has 4 rings (SSSR count). The maximum atomic E-state index is 14.2. The highest BCUT2D eigenvalue weighted by molar-refractivity contribution is 8.76. The summed E-state index contributed by atoms with van der Waals surface area (Å²) in [4.78, 5) is 225. The molecule has 40 nitrogen and oxygen atoms in total. The molecule has 0 saturated carbocycles. The Kier molecular flexibility index (Phi) is 45.4. The molecule has 678 valence electrons. The molecule has 42 heteroatoms. The van der Waals surface area contributed by atoms with Gasteiger partial charge in [0, 0.05) is 66.0 Å². The Hall–Kier alpha value is -10.6. The number of carbonyl (C=O) groups is 16. The number of aromatic nitrogens is 1. The lowest BCUT2D eigenvalue weighted by molar-refractivity contribution is -0.385. The van der Waals surface area contributed by atoms with Gasteiger partial charge < -0.3 is 100 Å². The molecule has 122 heavy (non-hydrogen) atoms. The molecule has 0 aliphatic carbocycles. The number of nitro groups is 1. The van der Waals surface area contributed by atoms with E-state index in [4.69, 9.17) is 11.5 Å². The Morgan fingerprint density at radius 2 is 1.02 bits per heavy atom. The molecule has 2 heterocycles. The molecule has 1 aromatic heterocycles. The molecule has 1 unspecified atom stereocenters. The van der Waals surface area contributed by atoms with E-state index in [0.717, 1.165) is 109 Å². The summed E-state index contributed by atoms with van der Waals surface area (Å²) < 4.78 is 0. The molecule has 1 fully saturated rings. The number of unbranched alkanes of at least 4 members (excludes halogenated alkanes) is 11. The number of H-pyrrole nitrogens is 1. The molecular weight excluding hydrogens is 1630 g/mol. The third-order valence-electron chi connectivity index (χ3n) is 20.3. The number of fused-ring (bicyclic) bond motifs is 1. The summed E-state index contributed by atoms with van der Waals surface area (Å²) in [5.74, 6) is -17.3. The SMILES string of the molecule is CC[C@H](C)[C@H](NC(=O)[C@H](CCC(N)=O)NC(=O)[C@@H]1CCCN1NC(=O)CCCCCCCCCCCCCCC(=O)N[C@@H](CO)C(=O)N[C@H](C(=O)N[C@@H](CC(C)C)C(=O)N[C@@H](CC(N)=O)C(=O)NC(CSSc1ccc([N+](=O)[O-])c(C(=O)O)c1)C(=O)O)[C@@H](C)O)C(=O)N[C@H](C(=O)N[C@@H](CC(C)C)C(=O)N[C@@H](Cc1c[nH]c2ccccc12)C(=O)O)[C@@H](C)O. The highest BCUT2D eigenvalue weighted by atomic mass is 33.1. The number of nitrogens with two attached hydrogens (primary N) is 2. The molecule has 13 amide bonds. The molecule has 0 radical (unpaired) electrons. The summed E-state index contributed by atoms with van der Waals surface area (Å²) in [5, 5.41) is 99.3. The predicted octanol–water partition coefficient (Wildman–Crippen LogP) is 1.76. The van der Waals surface area contributed by atoms with E-state index >= 15 is 0 Å². The van der Waals surface area contributed by atoms with Gasteiger partial charge in [-0.3, -0.25) is 77.9 Å². The molecule has 22 N–H and O–H groups in total. The van der Waals surface area contributed by atoms with Crippen LogP contribution < -0.4 is 70.1 Å². The molecule has 14 atom stereocenters. The highest BCUT2D eigenvalue weighted by Crippen LogP contribution is 2.35. The summed E-state index contributed by atoms with van der Waals surface area (Å²) in [6.45, 7) is 12.1. The number of nitro benzene ring substituents is 1. The lowest BCUT2D eigenvalue weighted by Crippen LogP contribution is -2.62. The number of hydrazine groups is 1. The van der Waals surface area contributed by atoms with Crippen molar-refractivity contribution in [2.24, 2.45) is 29.2 Å². The van der Waals surface area contributed by atoms with Crippen molar-refractivity contribution in [1.29, 1.82) is 0 Å². The number of carbonyl (C=O) groups excluding carboxylic acids is 13. The molecule has 2 aromatic carbocycles. The number of nitrogens with zero attached hydrogens (tertiary/aromatic N) is 2. The van der Waals surface area contributed by atoms with Gasteiger partial charge in [-0.1, -0.05) is 152 Å². The van der Waals surface area contributed by atoms with Crippen LogP contribution >= 0.6 is 21.6 Å². The summed E-state index contributed by atoms with van der Waals surface area (Å²) in [5.41, 5.74) is 13.8. The lowest BCUT2D eigenvalue weighted by atomic mass is 9.96. The number of aromatic amines is 1. The topological polar surface area (TPSA) is 641 Å². The van der Waals surface area contributed by atoms with Crippen LogP contribution in [0.3, 0.4) is 0 Å². The lowest BCUT2D eigenvalue weighted by Gasteiger charge is -2.30. The minimum atomic E-state index is -1.80. The number of nitrogens with one attached hydrogen (secondary N) is 12. The fourth-order valence-electron chi connectivity index (χ4n) is 13.4. The normalized spacial score (nSPS) is 15.9. The number of aliphatic hydroxyl groups is 3. The second-order valence-electron chi connectivity index (χ2n) is 31.4. The Bertz CT molecular complexity index is 4070. The van der Waals surface area contributed by atoms with Crippen molar-refractivity contribution in [2.75, 3.05) is 18.9 Å². The first-order valence-corrected chi connectivity index (χ1v) is 43.4. The number of rotatable bonds is 59. The number of para-hydroxylation sites is 1. The van der Waals surface area contributed by atoms with Gasteiger partial charge in [0.25, 0.3) is 5.69 Å². The van der Waals surface area contributed by atoms with Gasteiger partial charge in [0.2, 0.25) is 76.8 Å². The van der Waals surface area contributed by atoms with Gasteiger partial charge in [-0.25, -0.2) is 19.4 Å². The predicted molar refractivity (Wildman–Crippen MR) is 449 cm³/mol. The Labute approximate surface area is 715 Å². The summed E-state index contributed by atoms with van der Waals surface area (Å²) in [6, 6.07) is -5.92. The molecule has 1 saturated heterocycles. The van der Waals surface area contributed by atoms with Gasteiger partial charge in [-0.2, -0.15) is 0 Å². The van der Waals surface area contributed by atoms with E-state index in [1.165, 1.54) is 18.0 Å². The highest BCUT2D eigenvalue weighted by Gasteiger charge is 2.41. The Balaban J connectivity index is 1.17. The Morgan fingerprint density at radius 3 is 1.52 bits per heavy atom. The van der Waals surface area contributed by atoms with Crippen LogP contribution in [-0.2, 0) is 78.3 Å². The van der Waals surface area contributed by atoms with Gasteiger partial charge in [-0.05, 0) is 100 Å². The molecule has 1 aliphatic rings. The maximum Gasteiger partial charge on any atom is 0.342 e. The zero-order valence-corrected chi connectivity index (χ0v) is 71.8. The molecule has 3 aromatic rings. The van der Waals surface area contributed by atoms with Gasteiger partial charge in [0.15, 0.2) is 0 Å². The van der Waals surface area contributed by atoms with E-state index < -0.39 is 203 Å². The van der Waals surface area contributed by atoms with Crippen molar-refractivity contribution in [2.45, 2.75) is 287 Å². The van der Waals surface area contributed by atoms with Crippen molar-refractivity contribution < 1.29 is 112 Å². The van der Waals surface area contributed by atoms with E-state index in [1.807, 2.05) is 18.2 Å². The fraction of sp³-hybridized carbons (Fsp3) is 0.625. The number of aliphatic hydroxyl groups excluding tert-OH is 3. The number of carboxylic acid groups (broad SMARTS) is 3. The first-order valence-electron chi connectivity index (χ1n) is 41.1. The zero-order valence-electron chi connectivity index (χ0n) is 70.1. The number of primary amides is 2. The molecular formula is C80H122N16O24S2. The monoisotopic (exact) mass is 1750 g/mol. The number of amides is 13. The van der Waals surface area contributed by atoms with Gasteiger partial charge in [-0.15, -0.1) is 0 Å². The van der Waals surface area contributed by atoms with Crippen LogP contribution in [0.5, 0.6) is 0 Å². The first kappa shape index (κ1) is 104. The van der Waals surface area contributed by atoms with Crippen LogP contribution in [0, 0.1) is 27.9 Å². The van der Waals surface area contributed by atoms with E-state index in [1.54, 1.807) is 53.8 Å². The number of aliphatic carboxylic acids is 2. The second-order valence-corrected chi connectivity index (χ2v) is 33.8. The molecule has 0 spiro atoms. The van der Waals surface area contributed by atoms with E-state index in [-0.39, 0.29) is 73.3 Å². The smallest absolute Gasteiger partial charge is 0.342 e. The third kappa shape index (κ3) is 36.2. The van der Waals surface area contributed by atoms with Crippen molar-refractivity contribution in [3.63, 3.8) is 0 Å². The van der Waals surface area contributed by atoms with E-state index in [2.05, 4.69) is 63.6 Å². The van der Waals surface area contributed by atoms with Gasteiger partial charge in [0.05, 0.1) is 30.2 Å². The maximum absolute atomic E-state index is 14.2. The van der Waals surface area contributed by atoms with Crippen LogP contribution in [-0.4, -0.2) is 238 Å². The quantitative estimate of drug-likeness (QED) is 0.0166. The average Bonchev–Trinajstić information content (AvgIpc) is 1.73. The standard InChI is InChI=1S/C80H122N16O24S2/c1-9-45(6)66(75(110)93-68(47(8)99)77(112)88-55(36-44(4)5)71(106)89-57(79(115)116)37-48-40-83-52-26-23-22-25-50(48)52)91-69(104)53(31-33-62(81)100)85-74(109)61-27-24-34-95(61)94-65(103)29-21-19-17-15-13-11-10-12-14-16-18-20-28-64(102)84-58(41-97)73(108)92-67(46(7)98)76(111)87-54(35-43(2)3)70(105)86-56(39-63(82)101)72(107)90-59(80(117)118)42-121-122-49-30-32-60(96(119)120)51(38-49)78(113)114/h22-23,25-26,30,32,38,40,43-47,53-59,61,66-68,83,97-99H,9-21,24,27-29,31,33-37,39,41-42H2,1-8H3,(H2,81,100)(H2,82,101)(H,84,102)(H,85,109)(H,86,105)(H,87,111)(H,88,112)(H,89,106)(H,90,107)(H,91,104)(H,92,108)(H,93,110)(H,94,103)(H,113,114)(H,115,116)(H,117,118)/t45-,46+,47+,53-,54-,55-,56-,57-,58-,59?,61-,66-,67-,68-/m0/s1. The number of aromatic carboxylic acids is 1. The number of benzene rings is 2. The van der Waals surface area contributed by atoms with Crippen molar-refractivity contribution >= 4 is 133 Å². The minimum Gasteiger partial charge on any atom is -0.480 e. The van der Waals surface area contributed by atoms with Crippen LogP contribution in [0.4, 0.5) is 5.69 Å². The second kappa shape index (κ2) is 53.4. The fourth-order valence-corrected chi connectivity index (χ4v) is 15.6. The average molecular weight is 1760 g/mol. The van der Waals surface area contributed by atoms with E-state index in [0.29, 0.717) is 50.6 Å². The first-order chi connectivity index (χ1) is 57.7. The van der Waals surface area contributed by atoms with Crippen molar-refractivity contribution in [3.8, 4) is 0 Å². The van der Waals surface area contributed by atoms with E-state index in [9.17, 15) is 117 Å². The summed E-state index contributed by atoms with van der Waals surface area (Å²) >= 11 is 0. The number of carboxylic acids is 3. The summed E-state index contributed by atoms with van der Waals surface area (Å²) in [7, 11) is 1.66. The van der Waals surface area contributed by atoms with Gasteiger partial charge in [0.1, 0.15) is 72.0 Å².